The van der Waals surface area contributed by atoms with E-state index in [1.54, 1.807) is 35.4 Å². The number of benzene rings is 1. The van der Waals surface area contributed by atoms with Gasteiger partial charge in [-0.25, -0.2) is 4.98 Å². The first-order valence-corrected chi connectivity index (χ1v) is 8.24. The Bertz CT molecular complexity index is 650. The Kier molecular flexibility index (Phi) is 6.54. The molecule has 1 aromatic heterocycles. The van der Waals surface area contributed by atoms with Crippen molar-refractivity contribution in [3.8, 4) is 0 Å². The number of nitrogens with zero attached hydrogens (tertiary/aromatic N) is 2. The van der Waals surface area contributed by atoms with Crippen LogP contribution >= 0.6 is 0 Å². The van der Waals surface area contributed by atoms with Crippen LogP contribution in [0.4, 0.5) is 0 Å². The van der Waals surface area contributed by atoms with Crippen LogP contribution in [0.1, 0.15) is 48.7 Å². The van der Waals surface area contributed by atoms with Crippen LogP contribution in [0.5, 0.6) is 0 Å². The van der Waals surface area contributed by atoms with Gasteiger partial charge in [-0.3, -0.25) is 9.59 Å². The summed E-state index contributed by atoms with van der Waals surface area (Å²) < 4.78 is 1.75. The average Bonchev–Trinajstić information content (AvgIpc) is 3.14. The zero-order valence-corrected chi connectivity index (χ0v) is 14.2. The van der Waals surface area contributed by atoms with Crippen LogP contribution in [0.15, 0.2) is 43.0 Å². The molecule has 128 valence electrons. The van der Waals surface area contributed by atoms with Crippen LogP contribution in [0.2, 0.25) is 0 Å². The molecule has 0 unspecified atom stereocenters. The molecule has 6 heteroatoms. The van der Waals surface area contributed by atoms with E-state index in [2.05, 4.69) is 22.5 Å². The first kappa shape index (κ1) is 17.7. The van der Waals surface area contributed by atoms with Crippen LogP contribution in [0, 0.1) is 0 Å². The Morgan fingerprint density at radius 1 is 1.21 bits per heavy atom. The second-order valence-corrected chi connectivity index (χ2v) is 5.71. The fraction of sp³-hybridized carbons (Fsp3) is 0.389. The Morgan fingerprint density at radius 3 is 2.58 bits per heavy atom. The molecule has 0 radical (unpaired) electrons. The highest BCUT2D eigenvalue weighted by Crippen LogP contribution is 2.07. The Hall–Kier alpha value is -2.63. The molecular formula is C18H24N4O2. The summed E-state index contributed by atoms with van der Waals surface area (Å²) in [5.74, 6) is -0.137. The summed E-state index contributed by atoms with van der Waals surface area (Å²) in [5.41, 5.74) is 1.58. The van der Waals surface area contributed by atoms with E-state index < -0.39 is 0 Å². The zero-order valence-electron chi connectivity index (χ0n) is 14.2. The van der Waals surface area contributed by atoms with E-state index in [-0.39, 0.29) is 17.9 Å². The van der Waals surface area contributed by atoms with Crippen molar-refractivity contribution >= 4 is 11.8 Å². The molecular weight excluding hydrogens is 304 g/mol. The average molecular weight is 328 g/mol. The number of hydrogen-bond acceptors (Lipinski definition) is 3. The lowest BCUT2D eigenvalue weighted by Gasteiger charge is -2.13. The van der Waals surface area contributed by atoms with Crippen molar-refractivity contribution in [3.05, 3.63) is 54.1 Å². The molecule has 2 rings (SSSR count). The minimum Gasteiger partial charge on any atom is -0.352 e. The molecule has 0 saturated heterocycles. The van der Waals surface area contributed by atoms with Crippen LogP contribution < -0.4 is 10.6 Å². The number of amides is 2. The Morgan fingerprint density at radius 2 is 1.96 bits per heavy atom. The molecule has 0 aliphatic rings. The van der Waals surface area contributed by atoms with E-state index in [1.165, 1.54) is 0 Å². The molecule has 2 N–H and O–H groups in total. The summed E-state index contributed by atoms with van der Waals surface area (Å²) in [7, 11) is 0. The molecule has 24 heavy (non-hydrogen) atoms. The van der Waals surface area contributed by atoms with Crippen molar-refractivity contribution in [1.29, 1.82) is 0 Å². The predicted molar refractivity (Wildman–Crippen MR) is 92.5 cm³/mol. The van der Waals surface area contributed by atoms with Gasteiger partial charge in [-0.2, -0.15) is 0 Å². The highest BCUT2D eigenvalue weighted by molar-refractivity contribution is 5.94. The SMILES string of the molecule is CCCCNC(=O)c1ccc(CNC(=O)[C@H](C)n2ccnc2)cc1. The first-order chi connectivity index (χ1) is 11.6. The van der Waals surface area contributed by atoms with Crippen LogP contribution in [0.3, 0.4) is 0 Å². The number of hydrogen-bond donors (Lipinski definition) is 2. The van der Waals surface area contributed by atoms with Gasteiger partial charge in [-0.1, -0.05) is 25.5 Å². The van der Waals surface area contributed by atoms with Gasteiger partial charge in [0, 0.05) is 31.0 Å². The second kappa shape index (κ2) is 8.86. The topological polar surface area (TPSA) is 76.0 Å². The highest BCUT2D eigenvalue weighted by atomic mass is 16.2. The van der Waals surface area contributed by atoms with E-state index in [4.69, 9.17) is 0 Å². The Balaban J connectivity index is 1.83. The molecule has 1 heterocycles. The van der Waals surface area contributed by atoms with Crippen LogP contribution in [0.25, 0.3) is 0 Å². The molecule has 2 amide bonds. The third kappa shape index (κ3) is 4.94. The molecule has 0 spiro atoms. The molecule has 6 nitrogen and oxygen atoms in total. The van der Waals surface area contributed by atoms with Crippen LogP contribution in [-0.4, -0.2) is 27.9 Å². The maximum absolute atomic E-state index is 12.1. The lowest BCUT2D eigenvalue weighted by atomic mass is 10.1. The van der Waals surface area contributed by atoms with Crippen molar-refractivity contribution in [2.24, 2.45) is 0 Å². The number of aromatic nitrogens is 2. The van der Waals surface area contributed by atoms with E-state index in [0.29, 0.717) is 18.7 Å². The van der Waals surface area contributed by atoms with Gasteiger partial charge in [-0.15, -0.1) is 0 Å². The van der Waals surface area contributed by atoms with E-state index in [9.17, 15) is 9.59 Å². The third-order valence-corrected chi connectivity index (χ3v) is 3.85. The van der Waals surface area contributed by atoms with Crippen molar-refractivity contribution in [2.45, 2.75) is 39.3 Å². The number of unbranched alkanes of at least 4 members (excludes halogenated alkanes) is 1. The number of carbonyl (C=O) groups is 2. The lowest BCUT2D eigenvalue weighted by molar-refractivity contribution is -0.124. The molecule has 2 aromatic rings. The zero-order chi connectivity index (χ0) is 17.4. The summed E-state index contributed by atoms with van der Waals surface area (Å²) >= 11 is 0. The van der Waals surface area contributed by atoms with Gasteiger partial charge in [0.1, 0.15) is 6.04 Å². The van der Waals surface area contributed by atoms with Gasteiger partial charge in [0.15, 0.2) is 0 Å². The molecule has 0 aliphatic heterocycles. The minimum absolute atomic E-state index is 0.0623. The monoisotopic (exact) mass is 328 g/mol. The lowest BCUT2D eigenvalue weighted by Crippen LogP contribution is -2.30. The normalized spacial score (nSPS) is 11.8. The van der Waals surface area contributed by atoms with Gasteiger partial charge in [0.2, 0.25) is 5.91 Å². The summed E-state index contributed by atoms with van der Waals surface area (Å²) in [6.45, 7) is 5.03. The second-order valence-electron chi connectivity index (χ2n) is 5.71. The van der Waals surface area contributed by atoms with Gasteiger partial charge in [0.25, 0.3) is 5.91 Å². The maximum atomic E-state index is 12.1. The summed E-state index contributed by atoms with van der Waals surface area (Å²) in [6.07, 6.45) is 7.06. The molecule has 0 aliphatic carbocycles. The van der Waals surface area contributed by atoms with E-state index in [1.807, 2.05) is 19.1 Å². The van der Waals surface area contributed by atoms with Crippen molar-refractivity contribution < 1.29 is 9.59 Å². The standard InChI is InChI=1S/C18H24N4O2/c1-3-4-9-20-18(24)16-7-5-15(6-8-16)12-21-17(23)14(2)22-11-10-19-13-22/h5-8,10-11,13-14H,3-4,9,12H2,1-2H3,(H,20,24)(H,21,23)/t14-/m0/s1. The van der Waals surface area contributed by atoms with E-state index >= 15 is 0 Å². The van der Waals surface area contributed by atoms with Gasteiger partial charge < -0.3 is 15.2 Å². The summed E-state index contributed by atoms with van der Waals surface area (Å²) in [5, 5.41) is 5.77. The predicted octanol–water partition coefficient (Wildman–Crippen LogP) is 2.29. The Labute approximate surface area is 142 Å². The number of imidazole rings is 1. The van der Waals surface area contributed by atoms with Crippen molar-refractivity contribution in [2.75, 3.05) is 6.54 Å². The number of carbonyl (C=O) groups excluding carboxylic acids is 2. The third-order valence-electron chi connectivity index (χ3n) is 3.85. The molecule has 1 aromatic carbocycles. The molecule has 0 fully saturated rings. The molecule has 0 bridgehead atoms. The minimum atomic E-state index is -0.309. The quantitative estimate of drug-likeness (QED) is 0.730. The fourth-order valence-electron chi connectivity index (χ4n) is 2.23. The summed E-state index contributed by atoms with van der Waals surface area (Å²) in [4.78, 5) is 28.0. The van der Waals surface area contributed by atoms with Gasteiger partial charge in [-0.05, 0) is 31.0 Å². The smallest absolute Gasteiger partial charge is 0.251 e. The highest BCUT2D eigenvalue weighted by Gasteiger charge is 2.13. The summed E-state index contributed by atoms with van der Waals surface area (Å²) in [6, 6.07) is 6.97. The molecule has 0 saturated carbocycles. The van der Waals surface area contributed by atoms with Gasteiger partial charge in [0.05, 0.1) is 6.33 Å². The van der Waals surface area contributed by atoms with Crippen molar-refractivity contribution in [1.82, 2.24) is 20.2 Å². The molecule has 1 atom stereocenters. The van der Waals surface area contributed by atoms with Gasteiger partial charge >= 0.3 is 0 Å². The van der Waals surface area contributed by atoms with Crippen molar-refractivity contribution in [3.63, 3.8) is 0 Å². The number of nitrogens with one attached hydrogen (secondary N) is 2. The maximum Gasteiger partial charge on any atom is 0.251 e. The van der Waals surface area contributed by atoms with E-state index in [0.717, 1.165) is 18.4 Å². The largest absolute Gasteiger partial charge is 0.352 e. The fourth-order valence-corrected chi connectivity index (χ4v) is 2.23. The first-order valence-electron chi connectivity index (χ1n) is 8.24. The van der Waals surface area contributed by atoms with Crippen LogP contribution in [-0.2, 0) is 11.3 Å². The number of rotatable bonds is 8.